The minimum atomic E-state index is -4.68. The molecule has 9 heteroatoms. The number of rotatable bonds is 4. The van der Waals surface area contributed by atoms with Crippen LogP contribution in [-0.2, 0) is 12.7 Å². The summed E-state index contributed by atoms with van der Waals surface area (Å²) in [6.45, 7) is 5.36. The third-order valence-electron chi connectivity index (χ3n) is 3.99. The molecular weight excluding hydrogens is 377 g/mol. The second kappa shape index (κ2) is 7.15. The summed E-state index contributed by atoms with van der Waals surface area (Å²) in [6.07, 6.45) is -3.74. The first-order chi connectivity index (χ1) is 12.7. The van der Waals surface area contributed by atoms with Crippen molar-refractivity contribution in [2.75, 3.05) is 5.32 Å². The highest BCUT2D eigenvalue weighted by atomic mass is 32.1. The molecular formula is C18H17F3N4OS. The van der Waals surface area contributed by atoms with Crippen LogP contribution in [-0.4, -0.2) is 20.7 Å². The van der Waals surface area contributed by atoms with E-state index in [-0.39, 0.29) is 11.7 Å². The highest BCUT2D eigenvalue weighted by Crippen LogP contribution is 2.34. The molecule has 0 aliphatic rings. The molecule has 0 bridgehead atoms. The van der Waals surface area contributed by atoms with Crippen molar-refractivity contribution in [3.63, 3.8) is 0 Å². The average molecular weight is 394 g/mol. The summed E-state index contributed by atoms with van der Waals surface area (Å²) in [5.74, 6) is -0.883. The van der Waals surface area contributed by atoms with Gasteiger partial charge in [-0.05, 0) is 20.8 Å². The second-order valence-electron chi connectivity index (χ2n) is 5.96. The first-order valence-corrected chi connectivity index (χ1v) is 9.01. The first-order valence-electron chi connectivity index (χ1n) is 8.19. The summed E-state index contributed by atoms with van der Waals surface area (Å²) >= 11 is 1.21. The lowest BCUT2D eigenvalue weighted by Gasteiger charge is -2.10. The fraction of sp³-hybridized carbons (Fsp3) is 0.278. The Labute approximate surface area is 157 Å². The zero-order chi connectivity index (χ0) is 19.8. The van der Waals surface area contributed by atoms with E-state index in [0.29, 0.717) is 5.69 Å². The lowest BCUT2D eigenvalue weighted by atomic mass is 10.1. The minimum absolute atomic E-state index is 0.00998. The molecule has 0 fully saturated rings. The number of nitrogens with one attached hydrogen (secondary N) is 1. The Hall–Kier alpha value is -2.68. The molecule has 0 radical (unpaired) electrons. The molecule has 142 valence electrons. The van der Waals surface area contributed by atoms with E-state index in [1.54, 1.807) is 0 Å². The monoisotopic (exact) mass is 394 g/mol. The lowest BCUT2D eigenvalue weighted by molar-refractivity contribution is -0.144. The number of alkyl halides is 3. The fourth-order valence-electron chi connectivity index (χ4n) is 2.68. The van der Waals surface area contributed by atoms with Crippen molar-refractivity contribution in [1.82, 2.24) is 14.8 Å². The predicted octanol–water partition coefficient (Wildman–Crippen LogP) is 4.91. The van der Waals surface area contributed by atoms with Crippen molar-refractivity contribution in [2.45, 2.75) is 33.5 Å². The molecule has 0 atom stereocenters. The Balaban J connectivity index is 1.89. The van der Waals surface area contributed by atoms with E-state index >= 15 is 0 Å². The number of aryl methyl sites for hydroxylation is 3. The topological polar surface area (TPSA) is 59.8 Å². The quantitative estimate of drug-likeness (QED) is 0.684. The maximum atomic E-state index is 13.3. The van der Waals surface area contributed by atoms with Crippen molar-refractivity contribution in [1.29, 1.82) is 0 Å². The number of anilines is 1. The largest absolute Gasteiger partial charge is 0.433 e. The second-order valence-corrected chi connectivity index (χ2v) is 7.17. The van der Waals surface area contributed by atoms with Crippen LogP contribution in [0.5, 0.6) is 0 Å². The van der Waals surface area contributed by atoms with Crippen LogP contribution in [0, 0.1) is 13.8 Å². The van der Waals surface area contributed by atoms with Gasteiger partial charge in [-0.1, -0.05) is 29.8 Å². The Morgan fingerprint density at radius 1 is 1.22 bits per heavy atom. The van der Waals surface area contributed by atoms with Crippen LogP contribution in [0.2, 0.25) is 0 Å². The third kappa shape index (κ3) is 3.87. The van der Waals surface area contributed by atoms with Gasteiger partial charge in [0.1, 0.15) is 0 Å². The van der Waals surface area contributed by atoms with Gasteiger partial charge in [0.15, 0.2) is 10.8 Å². The molecule has 5 nitrogen and oxygen atoms in total. The number of carbonyl (C=O) groups is 1. The van der Waals surface area contributed by atoms with E-state index < -0.39 is 23.3 Å². The van der Waals surface area contributed by atoms with Gasteiger partial charge in [0, 0.05) is 17.0 Å². The van der Waals surface area contributed by atoms with Gasteiger partial charge >= 0.3 is 6.18 Å². The van der Waals surface area contributed by atoms with Gasteiger partial charge < -0.3 is 0 Å². The van der Waals surface area contributed by atoms with Crippen molar-refractivity contribution < 1.29 is 18.0 Å². The van der Waals surface area contributed by atoms with Crippen LogP contribution in [0.4, 0.5) is 18.3 Å². The SMILES string of the molecule is CCn1ncc(C(=O)Nc2nc(-c3ccc(C)cc3)c(C)s2)c1C(F)(F)F. The number of carbonyl (C=O) groups excluding carboxylic acids is 1. The first kappa shape index (κ1) is 19.1. The van der Waals surface area contributed by atoms with Gasteiger partial charge in [-0.3, -0.25) is 14.8 Å². The standard InChI is InChI=1S/C18H17F3N4OS/c1-4-25-15(18(19,20)21)13(9-22-25)16(26)24-17-23-14(11(3)27-17)12-7-5-10(2)6-8-12/h5-9H,4H2,1-3H3,(H,23,24,26). The Morgan fingerprint density at radius 3 is 2.48 bits per heavy atom. The van der Waals surface area contributed by atoms with Gasteiger partial charge in [-0.2, -0.15) is 18.3 Å². The number of nitrogens with zero attached hydrogens (tertiary/aromatic N) is 3. The molecule has 0 saturated carbocycles. The summed E-state index contributed by atoms with van der Waals surface area (Å²) in [7, 11) is 0. The highest BCUT2D eigenvalue weighted by molar-refractivity contribution is 7.16. The molecule has 0 unspecified atom stereocenters. The number of halogens is 3. The summed E-state index contributed by atoms with van der Waals surface area (Å²) in [6, 6.07) is 7.72. The van der Waals surface area contributed by atoms with Gasteiger partial charge in [-0.15, -0.1) is 11.3 Å². The molecule has 0 spiro atoms. The van der Waals surface area contributed by atoms with Crippen LogP contribution in [0.25, 0.3) is 11.3 Å². The number of amides is 1. The molecule has 2 heterocycles. The number of benzene rings is 1. The van der Waals surface area contributed by atoms with Gasteiger partial charge in [-0.25, -0.2) is 4.98 Å². The Kier molecular flexibility index (Phi) is 5.05. The molecule has 2 aromatic heterocycles. The minimum Gasteiger partial charge on any atom is -0.298 e. The summed E-state index contributed by atoms with van der Waals surface area (Å²) < 4.78 is 40.7. The molecule has 1 N–H and O–H groups in total. The van der Waals surface area contributed by atoms with Crippen LogP contribution in [0.3, 0.4) is 0 Å². The zero-order valence-electron chi connectivity index (χ0n) is 14.9. The summed E-state index contributed by atoms with van der Waals surface area (Å²) in [5.41, 5.74) is 1.09. The van der Waals surface area contributed by atoms with E-state index in [4.69, 9.17) is 0 Å². The van der Waals surface area contributed by atoms with E-state index in [1.807, 2.05) is 38.1 Å². The molecule has 3 rings (SSSR count). The van der Waals surface area contributed by atoms with Crippen molar-refractivity contribution in [3.8, 4) is 11.3 Å². The lowest BCUT2D eigenvalue weighted by Crippen LogP contribution is -2.21. The molecule has 1 aromatic carbocycles. The third-order valence-corrected chi connectivity index (χ3v) is 4.88. The number of hydrogen-bond donors (Lipinski definition) is 1. The van der Waals surface area contributed by atoms with Gasteiger partial charge in [0.05, 0.1) is 17.5 Å². The highest BCUT2D eigenvalue weighted by Gasteiger charge is 2.40. The molecule has 0 aliphatic heterocycles. The zero-order valence-corrected chi connectivity index (χ0v) is 15.7. The van der Waals surface area contributed by atoms with Crippen LogP contribution in [0.15, 0.2) is 30.5 Å². The molecule has 1 amide bonds. The summed E-state index contributed by atoms with van der Waals surface area (Å²) in [4.78, 5) is 17.6. The van der Waals surface area contributed by atoms with Crippen molar-refractivity contribution in [3.05, 3.63) is 52.2 Å². The normalized spacial score (nSPS) is 11.6. The number of hydrogen-bond acceptors (Lipinski definition) is 4. The van der Waals surface area contributed by atoms with Crippen molar-refractivity contribution in [2.24, 2.45) is 0 Å². The van der Waals surface area contributed by atoms with E-state index in [9.17, 15) is 18.0 Å². The summed E-state index contributed by atoms with van der Waals surface area (Å²) in [5, 5.41) is 6.37. The number of thiazole rings is 1. The maximum absolute atomic E-state index is 13.3. The van der Waals surface area contributed by atoms with Crippen LogP contribution >= 0.6 is 11.3 Å². The van der Waals surface area contributed by atoms with Crippen LogP contribution in [0.1, 0.15) is 33.4 Å². The smallest absolute Gasteiger partial charge is 0.298 e. The van der Waals surface area contributed by atoms with Gasteiger partial charge in [0.25, 0.3) is 5.91 Å². The number of aromatic nitrogens is 3. The van der Waals surface area contributed by atoms with Crippen LogP contribution < -0.4 is 5.32 Å². The maximum Gasteiger partial charge on any atom is 0.433 e. The Bertz CT molecular complexity index is 974. The van der Waals surface area contributed by atoms with E-state index in [1.165, 1.54) is 18.3 Å². The van der Waals surface area contributed by atoms with E-state index in [2.05, 4.69) is 15.4 Å². The fourth-order valence-corrected chi connectivity index (χ4v) is 3.51. The Morgan fingerprint density at radius 2 is 1.89 bits per heavy atom. The molecule has 3 aromatic rings. The molecule has 0 aliphatic carbocycles. The molecule has 0 saturated heterocycles. The average Bonchev–Trinajstić information content (AvgIpc) is 3.19. The predicted molar refractivity (Wildman–Crippen MR) is 97.9 cm³/mol. The molecule has 27 heavy (non-hydrogen) atoms. The van der Waals surface area contributed by atoms with Crippen molar-refractivity contribution >= 4 is 22.4 Å². The van der Waals surface area contributed by atoms with Gasteiger partial charge in [0.2, 0.25) is 0 Å². The van der Waals surface area contributed by atoms with E-state index in [0.717, 1.165) is 26.9 Å².